The van der Waals surface area contributed by atoms with Crippen LogP contribution < -0.4 is 4.90 Å². The Labute approximate surface area is 154 Å². The van der Waals surface area contributed by atoms with Gasteiger partial charge in [0.25, 0.3) is 0 Å². The fraction of sp³-hybridized carbons (Fsp3) is 0.133. The van der Waals surface area contributed by atoms with Crippen molar-refractivity contribution in [3.63, 3.8) is 0 Å². The number of pyridine rings is 1. The first-order chi connectivity index (χ1) is 11.5. The van der Waals surface area contributed by atoms with E-state index in [9.17, 15) is 0 Å². The molecule has 0 aliphatic carbocycles. The molecule has 0 atom stereocenters. The van der Waals surface area contributed by atoms with E-state index in [-0.39, 0.29) is 10.6 Å². The van der Waals surface area contributed by atoms with Crippen LogP contribution in [0, 0.1) is 0 Å². The molecule has 0 aliphatic heterocycles. The molecule has 9 heteroatoms. The highest BCUT2D eigenvalue weighted by Gasteiger charge is 2.02. The smallest absolute Gasteiger partial charge is 0.223 e. The van der Waals surface area contributed by atoms with Crippen LogP contribution in [-0.4, -0.2) is 39.0 Å². The normalized spacial score (nSPS) is 9.88. The van der Waals surface area contributed by atoms with Crippen molar-refractivity contribution in [2.75, 3.05) is 19.0 Å². The molecule has 3 rings (SSSR count). The zero-order valence-electron chi connectivity index (χ0n) is 12.9. The van der Waals surface area contributed by atoms with Gasteiger partial charge in [-0.1, -0.05) is 11.6 Å². The summed E-state index contributed by atoms with van der Waals surface area (Å²) in [6.07, 6.45) is 4.90. The molecule has 0 aliphatic rings. The van der Waals surface area contributed by atoms with E-state index < -0.39 is 0 Å². The molecular formula is C15H13Cl3N6. The number of hydrogen-bond acceptors (Lipinski definition) is 6. The Balaban J connectivity index is 0.000000219. The number of hydrogen-bond donors (Lipinski definition) is 0. The number of aromatic nitrogens is 5. The molecule has 0 unspecified atom stereocenters. The maximum atomic E-state index is 5.73. The lowest BCUT2D eigenvalue weighted by Gasteiger charge is -2.10. The maximum Gasteiger partial charge on any atom is 0.223 e. The van der Waals surface area contributed by atoms with Gasteiger partial charge in [0.05, 0.1) is 5.69 Å². The maximum absolute atomic E-state index is 5.73. The van der Waals surface area contributed by atoms with Crippen LogP contribution in [0.25, 0.3) is 11.3 Å². The minimum atomic E-state index is 0.178. The van der Waals surface area contributed by atoms with Gasteiger partial charge < -0.3 is 4.90 Å². The van der Waals surface area contributed by atoms with Gasteiger partial charge in [0.1, 0.15) is 11.0 Å². The summed E-state index contributed by atoms with van der Waals surface area (Å²) in [5.41, 5.74) is 1.70. The van der Waals surface area contributed by atoms with Gasteiger partial charge in [0.15, 0.2) is 0 Å². The Morgan fingerprint density at radius 2 is 1.46 bits per heavy atom. The largest absolute Gasteiger partial charge is 0.363 e. The van der Waals surface area contributed by atoms with E-state index in [1.165, 1.54) is 6.20 Å². The summed E-state index contributed by atoms with van der Waals surface area (Å²) >= 11 is 16.5. The van der Waals surface area contributed by atoms with Crippen molar-refractivity contribution >= 4 is 40.6 Å². The summed E-state index contributed by atoms with van der Waals surface area (Å²) in [5.74, 6) is 0.906. The van der Waals surface area contributed by atoms with Gasteiger partial charge in [-0.05, 0) is 47.5 Å². The Morgan fingerprint density at radius 1 is 0.792 bits per heavy atom. The molecule has 3 aromatic heterocycles. The molecule has 0 amide bonds. The van der Waals surface area contributed by atoms with Crippen molar-refractivity contribution in [3.05, 3.63) is 58.6 Å². The lowest BCUT2D eigenvalue weighted by atomic mass is 10.2. The number of halogens is 3. The van der Waals surface area contributed by atoms with Crippen molar-refractivity contribution in [2.24, 2.45) is 0 Å². The van der Waals surface area contributed by atoms with E-state index in [2.05, 4.69) is 24.9 Å². The highest BCUT2D eigenvalue weighted by molar-refractivity contribution is 6.31. The molecule has 0 fully saturated rings. The van der Waals surface area contributed by atoms with Crippen LogP contribution in [0.1, 0.15) is 0 Å². The zero-order valence-corrected chi connectivity index (χ0v) is 15.1. The quantitative estimate of drug-likeness (QED) is 0.491. The third kappa shape index (κ3) is 5.56. The van der Waals surface area contributed by atoms with Crippen molar-refractivity contribution in [2.45, 2.75) is 0 Å². The van der Waals surface area contributed by atoms with Crippen molar-refractivity contribution in [1.29, 1.82) is 0 Å². The second-order valence-corrected chi connectivity index (χ2v) is 5.72. The molecule has 0 N–H and O–H groups in total. The van der Waals surface area contributed by atoms with Crippen molar-refractivity contribution in [1.82, 2.24) is 24.9 Å². The Hall–Kier alpha value is -2.02. The third-order valence-electron chi connectivity index (χ3n) is 2.72. The zero-order chi connectivity index (χ0) is 17.5. The number of rotatable bonds is 2. The van der Waals surface area contributed by atoms with Crippen LogP contribution in [0.15, 0.2) is 42.9 Å². The van der Waals surface area contributed by atoms with Gasteiger partial charge in [-0.3, -0.25) is 0 Å². The predicted octanol–water partition coefficient (Wildman–Crippen LogP) is 4.04. The molecule has 0 aromatic carbocycles. The SMILES string of the molecule is CN(C)c1ccc(-c2ccnc(Cl)n2)cn1.Clc1ccnc(Cl)n1. The van der Waals surface area contributed by atoms with Gasteiger partial charge in [-0.25, -0.2) is 24.9 Å². The average molecular weight is 384 g/mol. The van der Waals surface area contributed by atoms with Gasteiger partial charge in [-0.15, -0.1) is 0 Å². The summed E-state index contributed by atoms with van der Waals surface area (Å²) < 4.78 is 0. The second-order valence-electron chi connectivity index (χ2n) is 4.66. The lowest BCUT2D eigenvalue weighted by molar-refractivity contribution is 1.07. The molecule has 3 heterocycles. The standard InChI is InChI=1S/C11H11ClN4.C4H2Cl2N2/c1-16(2)10-4-3-8(7-14-10)9-5-6-13-11(12)15-9;5-3-1-2-7-4(6)8-3/h3-7H,1-2H3;1-2H. The first-order valence-electron chi connectivity index (χ1n) is 6.72. The minimum absolute atomic E-state index is 0.178. The monoisotopic (exact) mass is 382 g/mol. The molecule has 6 nitrogen and oxygen atoms in total. The van der Waals surface area contributed by atoms with E-state index in [1.54, 1.807) is 24.5 Å². The van der Waals surface area contributed by atoms with Gasteiger partial charge >= 0.3 is 0 Å². The summed E-state index contributed by atoms with van der Waals surface area (Å²) in [6, 6.07) is 7.26. The van der Waals surface area contributed by atoms with Gasteiger partial charge in [0, 0.05) is 38.2 Å². The summed E-state index contributed by atoms with van der Waals surface area (Å²) in [6.45, 7) is 0. The molecule has 124 valence electrons. The highest BCUT2D eigenvalue weighted by Crippen LogP contribution is 2.18. The van der Waals surface area contributed by atoms with Crippen LogP contribution in [0.3, 0.4) is 0 Å². The van der Waals surface area contributed by atoms with Crippen LogP contribution in [0.4, 0.5) is 5.82 Å². The molecule has 24 heavy (non-hydrogen) atoms. The predicted molar refractivity (Wildman–Crippen MR) is 96.7 cm³/mol. The summed E-state index contributed by atoms with van der Waals surface area (Å²) in [4.78, 5) is 21.4. The highest BCUT2D eigenvalue weighted by atomic mass is 35.5. The first-order valence-corrected chi connectivity index (χ1v) is 7.85. The van der Waals surface area contributed by atoms with E-state index in [4.69, 9.17) is 34.8 Å². The fourth-order valence-electron chi connectivity index (χ4n) is 1.61. The summed E-state index contributed by atoms with van der Waals surface area (Å²) in [7, 11) is 3.90. The molecule has 0 saturated heterocycles. The van der Waals surface area contributed by atoms with Crippen molar-refractivity contribution in [3.8, 4) is 11.3 Å². The molecule has 0 radical (unpaired) electrons. The van der Waals surface area contributed by atoms with E-state index in [1.807, 2.05) is 31.1 Å². The molecule has 0 bridgehead atoms. The molecule has 0 spiro atoms. The van der Waals surface area contributed by atoms with E-state index >= 15 is 0 Å². The summed E-state index contributed by atoms with van der Waals surface area (Å²) in [5, 5.41) is 0.789. The van der Waals surface area contributed by atoms with Gasteiger partial charge in [0.2, 0.25) is 10.6 Å². The number of nitrogens with zero attached hydrogens (tertiary/aromatic N) is 6. The Kier molecular flexibility index (Phi) is 6.66. The lowest BCUT2D eigenvalue weighted by Crippen LogP contribution is -2.10. The van der Waals surface area contributed by atoms with Crippen LogP contribution in [0.2, 0.25) is 15.7 Å². The number of anilines is 1. The van der Waals surface area contributed by atoms with Crippen LogP contribution in [0.5, 0.6) is 0 Å². The van der Waals surface area contributed by atoms with Gasteiger partial charge in [-0.2, -0.15) is 0 Å². The van der Waals surface area contributed by atoms with E-state index in [0.717, 1.165) is 17.1 Å². The van der Waals surface area contributed by atoms with Crippen LogP contribution >= 0.6 is 34.8 Å². The Morgan fingerprint density at radius 3 is 1.92 bits per heavy atom. The van der Waals surface area contributed by atoms with Crippen molar-refractivity contribution < 1.29 is 0 Å². The molecule has 0 saturated carbocycles. The molecule has 3 aromatic rings. The minimum Gasteiger partial charge on any atom is -0.363 e. The first kappa shape index (κ1) is 18.3. The second kappa shape index (κ2) is 8.73. The fourth-order valence-corrected chi connectivity index (χ4v) is 2.09. The molecular weight excluding hydrogens is 371 g/mol. The average Bonchev–Trinajstić information content (AvgIpc) is 2.55. The third-order valence-corrected chi connectivity index (χ3v) is 3.29. The topological polar surface area (TPSA) is 67.7 Å². The Bertz CT molecular complexity index is 778. The van der Waals surface area contributed by atoms with E-state index in [0.29, 0.717) is 5.15 Å². The van der Waals surface area contributed by atoms with Crippen LogP contribution in [-0.2, 0) is 0 Å².